The van der Waals surface area contributed by atoms with Gasteiger partial charge in [-0.1, -0.05) is 12.2 Å². The summed E-state index contributed by atoms with van der Waals surface area (Å²) in [6, 6.07) is 0. The molecule has 0 aromatic rings. The van der Waals surface area contributed by atoms with Crippen LogP contribution >= 0.6 is 0 Å². The maximum atomic E-state index is 12.4. The molecule has 0 fully saturated rings. The maximum absolute atomic E-state index is 12.4. The second-order valence-electron chi connectivity index (χ2n) is 1.75. The zero-order valence-electron chi connectivity index (χ0n) is 6.03. The molecule has 0 heterocycles. The van der Waals surface area contributed by atoms with Crippen LogP contribution in [0.5, 0.6) is 0 Å². The van der Waals surface area contributed by atoms with E-state index in [-0.39, 0.29) is 5.95 Å². The van der Waals surface area contributed by atoms with Crippen LogP contribution in [0.3, 0.4) is 0 Å². The summed E-state index contributed by atoms with van der Waals surface area (Å²) in [6.07, 6.45) is 3.51. The van der Waals surface area contributed by atoms with Gasteiger partial charge in [0.05, 0.1) is 0 Å². The van der Waals surface area contributed by atoms with Crippen molar-refractivity contribution >= 4 is 0 Å². The highest BCUT2D eigenvalue weighted by Gasteiger charge is 1.90. The Kier molecular flexibility index (Phi) is 3.76. The van der Waals surface area contributed by atoms with Crippen molar-refractivity contribution in [3.63, 3.8) is 0 Å². The van der Waals surface area contributed by atoms with Gasteiger partial charge in [0.15, 0.2) is 5.95 Å². The van der Waals surface area contributed by atoms with Crippen LogP contribution in [-0.2, 0) is 0 Å². The Morgan fingerprint density at radius 2 is 2.11 bits per heavy atom. The largest absolute Gasteiger partial charge is 0.365 e. The van der Waals surface area contributed by atoms with Crippen LogP contribution in [-0.4, -0.2) is 7.05 Å². The average molecular weight is 129 g/mol. The van der Waals surface area contributed by atoms with Crippen molar-refractivity contribution in [1.82, 2.24) is 5.32 Å². The first-order chi connectivity index (χ1) is 4.22. The highest BCUT2D eigenvalue weighted by Crippen LogP contribution is 2.01. The van der Waals surface area contributed by atoms with E-state index in [0.29, 0.717) is 5.57 Å². The zero-order chi connectivity index (χ0) is 7.28. The van der Waals surface area contributed by atoms with Crippen LogP contribution in [0.15, 0.2) is 23.7 Å². The average Bonchev–Trinajstić information content (AvgIpc) is 1.87. The second-order valence-corrected chi connectivity index (χ2v) is 1.75. The summed E-state index contributed by atoms with van der Waals surface area (Å²) in [6.45, 7) is 3.57. The van der Waals surface area contributed by atoms with Gasteiger partial charge < -0.3 is 5.32 Å². The van der Waals surface area contributed by atoms with Gasteiger partial charge in [0.1, 0.15) is 0 Å². The monoisotopic (exact) mass is 129 g/mol. The molecule has 0 bridgehead atoms. The predicted molar refractivity (Wildman–Crippen MR) is 37.7 cm³/mol. The standard InChI is InChI=1S/C7H12FN/c1-4-5-6(2)7(8)9-3/h4-5,9H,1-3H3/b5-4-,7-6-. The SMILES string of the molecule is C/C=C\C(C)=C(\F)NC. The van der Waals surface area contributed by atoms with E-state index in [1.54, 1.807) is 26.1 Å². The number of allylic oxidation sites excluding steroid dienone is 3. The Balaban J connectivity index is 4.10. The van der Waals surface area contributed by atoms with Gasteiger partial charge in [-0.15, -0.1) is 0 Å². The molecule has 9 heavy (non-hydrogen) atoms. The number of hydrogen-bond donors (Lipinski definition) is 1. The smallest absolute Gasteiger partial charge is 0.189 e. The normalized spacial score (nSPS) is 13.8. The van der Waals surface area contributed by atoms with E-state index in [9.17, 15) is 4.39 Å². The van der Waals surface area contributed by atoms with Gasteiger partial charge in [-0.2, -0.15) is 4.39 Å². The molecule has 0 amide bonds. The van der Waals surface area contributed by atoms with E-state index >= 15 is 0 Å². The molecular weight excluding hydrogens is 117 g/mol. The summed E-state index contributed by atoms with van der Waals surface area (Å²) in [4.78, 5) is 0. The Hall–Kier alpha value is -0.790. The summed E-state index contributed by atoms with van der Waals surface area (Å²) in [5, 5.41) is 2.41. The van der Waals surface area contributed by atoms with Crippen molar-refractivity contribution in [3.05, 3.63) is 23.7 Å². The van der Waals surface area contributed by atoms with Gasteiger partial charge in [0, 0.05) is 12.6 Å². The topological polar surface area (TPSA) is 12.0 Å². The molecule has 0 rings (SSSR count). The van der Waals surface area contributed by atoms with Gasteiger partial charge in [0.2, 0.25) is 0 Å². The molecule has 52 valence electrons. The lowest BCUT2D eigenvalue weighted by Gasteiger charge is -1.95. The van der Waals surface area contributed by atoms with Crippen molar-refractivity contribution in [2.75, 3.05) is 7.05 Å². The van der Waals surface area contributed by atoms with Crippen molar-refractivity contribution in [2.24, 2.45) is 0 Å². The first kappa shape index (κ1) is 8.21. The van der Waals surface area contributed by atoms with Gasteiger partial charge in [-0.3, -0.25) is 0 Å². The maximum Gasteiger partial charge on any atom is 0.189 e. The molecular formula is C7H12FN. The number of halogens is 1. The van der Waals surface area contributed by atoms with Crippen molar-refractivity contribution < 1.29 is 4.39 Å². The molecule has 0 aliphatic rings. The molecule has 1 nitrogen and oxygen atoms in total. The van der Waals surface area contributed by atoms with Crippen molar-refractivity contribution in [2.45, 2.75) is 13.8 Å². The summed E-state index contributed by atoms with van der Waals surface area (Å²) >= 11 is 0. The Morgan fingerprint density at radius 3 is 2.44 bits per heavy atom. The van der Waals surface area contributed by atoms with Crippen molar-refractivity contribution in [1.29, 1.82) is 0 Å². The van der Waals surface area contributed by atoms with Crippen molar-refractivity contribution in [3.8, 4) is 0 Å². The summed E-state index contributed by atoms with van der Waals surface area (Å²) in [5.41, 5.74) is 0.625. The first-order valence-electron chi connectivity index (χ1n) is 2.89. The first-order valence-corrected chi connectivity index (χ1v) is 2.89. The van der Waals surface area contributed by atoms with Crippen LogP contribution in [0.2, 0.25) is 0 Å². The number of nitrogens with one attached hydrogen (secondary N) is 1. The van der Waals surface area contributed by atoms with Gasteiger partial charge in [-0.05, 0) is 13.8 Å². The second kappa shape index (κ2) is 4.13. The van der Waals surface area contributed by atoms with Gasteiger partial charge in [0.25, 0.3) is 0 Å². The van der Waals surface area contributed by atoms with Gasteiger partial charge in [-0.25, -0.2) is 0 Å². The third-order valence-corrected chi connectivity index (χ3v) is 0.982. The quantitative estimate of drug-likeness (QED) is 0.444. The third-order valence-electron chi connectivity index (χ3n) is 0.982. The molecule has 0 aliphatic carbocycles. The minimum atomic E-state index is -0.270. The van der Waals surface area contributed by atoms with E-state index in [4.69, 9.17) is 0 Å². The summed E-state index contributed by atoms with van der Waals surface area (Å²) in [7, 11) is 1.56. The molecule has 0 radical (unpaired) electrons. The van der Waals surface area contributed by atoms with E-state index in [2.05, 4.69) is 5.32 Å². The van der Waals surface area contributed by atoms with Crippen LogP contribution in [0.4, 0.5) is 4.39 Å². The fraction of sp³-hybridized carbons (Fsp3) is 0.429. The molecule has 0 aromatic heterocycles. The van der Waals surface area contributed by atoms with E-state index in [0.717, 1.165) is 0 Å². The minimum absolute atomic E-state index is 0.270. The molecule has 0 aliphatic heterocycles. The molecule has 1 N–H and O–H groups in total. The Labute approximate surface area is 55.3 Å². The lowest BCUT2D eigenvalue weighted by molar-refractivity contribution is 0.565. The lowest BCUT2D eigenvalue weighted by atomic mass is 10.3. The molecule has 0 atom stereocenters. The summed E-state index contributed by atoms with van der Waals surface area (Å²) < 4.78 is 12.4. The van der Waals surface area contributed by atoms with Crippen LogP contribution in [0, 0.1) is 0 Å². The fourth-order valence-corrected chi connectivity index (χ4v) is 0.520. The molecule has 0 unspecified atom stereocenters. The lowest BCUT2D eigenvalue weighted by Crippen LogP contribution is -2.01. The van der Waals surface area contributed by atoms with Crippen LogP contribution in [0.25, 0.3) is 0 Å². The summed E-state index contributed by atoms with van der Waals surface area (Å²) in [5.74, 6) is -0.270. The van der Waals surface area contributed by atoms with E-state index < -0.39 is 0 Å². The van der Waals surface area contributed by atoms with Crippen LogP contribution < -0.4 is 5.32 Å². The minimum Gasteiger partial charge on any atom is -0.365 e. The number of rotatable bonds is 2. The van der Waals surface area contributed by atoms with Crippen LogP contribution in [0.1, 0.15) is 13.8 Å². The molecule has 0 saturated heterocycles. The van der Waals surface area contributed by atoms with Gasteiger partial charge >= 0.3 is 0 Å². The highest BCUT2D eigenvalue weighted by molar-refractivity contribution is 5.17. The molecule has 2 heteroatoms. The zero-order valence-corrected chi connectivity index (χ0v) is 6.03. The third kappa shape index (κ3) is 2.90. The number of hydrogen-bond acceptors (Lipinski definition) is 1. The van der Waals surface area contributed by atoms with E-state index in [1.165, 1.54) is 0 Å². The van der Waals surface area contributed by atoms with E-state index in [1.807, 2.05) is 6.92 Å². The molecule has 0 aromatic carbocycles. The highest BCUT2D eigenvalue weighted by atomic mass is 19.1. The fourth-order valence-electron chi connectivity index (χ4n) is 0.520. The predicted octanol–water partition coefficient (Wildman–Crippen LogP) is 1.98. The Bertz CT molecular complexity index is 136. The molecule has 0 saturated carbocycles. The Morgan fingerprint density at radius 1 is 1.56 bits per heavy atom. The molecule has 0 spiro atoms.